The number of rotatable bonds is 6. The van der Waals surface area contributed by atoms with E-state index in [1.807, 2.05) is 0 Å². The van der Waals surface area contributed by atoms with Gasteiger partial charge in [-0.1, -0.05) is 12.1 Å². The Labute approximate surface area is 173 Å². The first-order valence-electron chi connectivity index (χ1n) is 9.40. The Bertz CT molecular complexity index is 931. The van der Waals surface area contributed by atoms with Gasteiger partial charge in [-0.15, -0.1) is 0 Å². The van der Waals surface area contributed by atoms with Crippen LogP contribution in [0.5, 0.6) is 0 Å². The quantitative estimate of drug-likeness (QED) is 0.708. The molecule has 8 nitrogen and oxygen atoms in total. The second-order valence-electron chi connectivity index (χ2n) is 7.07. The molecule has 0 spiro atoms. The molecule has 158 valence electrons. The van der Waals surface area contributed by atoms with Gasteiger partial charge in [0.15, 0.2) is 6.29 Å². The number of amides is 4. The molecular formula is C21H23FN4O4. The van der Waals surface area contributed by atoms with E-state index in [0.717, 1.165) is 4.90 Å². The zero-order valence-corrected chi connectivity index (χ0v) is 16.9. The predicted molar refractivity (Wildman–Crippen MR) is 108 cm³/mol. The summed E-state index contributed by atoms with van der Waals surface area (Å²) in [6.07, 6.45) is -0.839. The van der Waals surface area contributed by atoms with Crippen LogP contribution in [0.2, 0.25) is 0 Å². The molecule has 1 atom stereocenters. The molecule has 3 rings (SSSR count). The summed E-state index contributed by atoms with van der Waals surface area (Å²) in [5, 5.41) is 5.86. The first-order valence-corrected chi connectivity index (χ1v) is 9.40. The average molecular weight is 414 g/mol. The van der Waals surface area contributed by atoms with E-state index in [0.29, 0.717) is 16.8 Å². The van der Waals surface area contributed by atoms with Crippen molar-refractivity contribution in [2.75, 3.05) is 12.4 Å². The van der Waals surface area contributed by atoms with Crippen LogP contribution in [0.3, 0.4) is 0 Å². The maximum absolute atomic E-state index is 13.2. The van der Waals surface area contributed by atoms with Gasteiger partial charge in [0.1, 0.15) is 5.82 Å². The fourth-order valence-electron chi connectivity index (χ4n) is 3.09. The van der Waals surface area contributed by atoms with Crippen molar-refractivity contribution in [2.45, 2.75) is 32.7 Å². The van der Waals surface area contributed by atoms with E-state index in [4.69, 9.17) is 0 Å². The molecule has 9 heteroatoms. The summed E-state index contributed by atoms with van der Waals surface area (Å²) < 4.78 is 17.9. The molecule has 1 unspecified atom stereocenters. The Morgan fingerprint density at radius 1 is 1.13 bits per heavy atom. The zero-order chi connectivity index (χ0) is 21.8. The molecule has 1 aliphatic rings. The second kappa shape index (κ2) is 8.81. The number of ether oxygens (including phenoxy) is 1. The Morgan fingerprint density at radius 2 is 1.77 bits per heavy atom. The number of esters is 1. The molecule has 2 aromatic rings. The maximum atomic E-state index is 13.2. The third-order valence-electron chi connectivity index (χ3n) is 4.63. The van der Waals surface area contributed by atoms with E-state index >= 15 is 0 Å². The van der Waals surface area contributed by atoms with E-state index < -0.39 is 24.3 Å². The molecule has 0 saturated carbocycles. The lowest BCUT2D eigenvalue weighted by Crippen LogP contribution is -2.68. The molecule has 0 aliphatic carbocycles. The summed E-state index contributed by atoms with van der Waals surface area (Å²) in [6.45, 7) is 3.64. The van der Waals surface area contributed by atoms with Crippen LogP contribution in [0.4, 0.5) is 19.7 Å². The van der Waals surface area contributed by atoms with E-state index in [9.17, 15) is 18.8 Å². The lowest BCUT2D eigenvalue weighted by Gasteiger charge is -2.42. The largest absolute Gasteiger partial charge is 0.465 e. The van der Waals surface area contributed by atoms with Gasteiger partial charge in [0.2, 0.25) is 0 Å². The normalized spacial score (nSPS) is 16.5. The van der Waals surface area contributed by atoms with E-state index in [1.165, 1.54) is 24.1 Å². The van der Waals surface area contributed by atoms with Crippen LogP contribution >= 0.6 is 0 Å². The molecule has 1 saturated heterocycles. The van der Waals surface area contributed by atoms with E-state index in [2.05, 4.69) is 15.4 Å². The second-order valence-corrected chi connectivity index (χ2v) is 7.07. The number of carbonyl (C=O) groups is 3. The van der Waals surface area contributed by atoms with E-state index in [-0.39, 0.29) is 18.4 Å². The fourth-order valence-corrected chi connectivity index (χ4v) is 3.09. The number of urea groups is 2. The Hall–Kier alpha value is -3.62. The number of hydrogen-bond donors (Lipinski definition) is 2. The fraction of sp³-hybridized carbons (Fsp3) is 0.286. The molecule has 1 heterocycles. The van der Waals surface area contributed by atoms with Crippen LogP contribution < -0.4 is 10.6 Å². The van der Waals surface area contributed by atoms with Crippen LogP contribution in [0.15, 0.2) is 48.5 Å². The highest BCUT2D eigenvalue weighted by atomic mass is 19.1. The summed E-state index contributed by atoms with van der Waals surface area (Å²) in [7, 11) is 1.30. The number of methoxy groups -OCH3 is 1. The molecule has 30 heavy (non-hydrogen) atoms. The van der Waals surface area contributed by atoms with Gasteiger partial charge in [-0.2, -0.15) is 0 Å². The van der Waals surface area contributed by atoms with Crippen molar-refractivity contribution < 1.29 is 23.5 Å². The highest BCUT2D eigenvalue weighted by Crippen LogP contribution is 2.20. The number of nitrogens with one attached hydrogen (secondary N) is 2. The van der Waals surface area contributed by atoms with Crippen LogP contribution in [-0.2, 0) is 11.3 Å². The molecule has 0 bridgehead atoms. The van der Waals surface area contributed by atoms with Gasteiger partial charge in [0.05, 0.1) is 19.2 Å². The molecular weight excluding hydrogens is 391 g/mol. The Kier molecular flexibility index (Phi) is 6.20. The van der Waals surface area contributed by atoms with Crippen molar-refractivity contribution in [1.29, 1.82) is 0 Å². The number of imide groups is 1. The van der Waals surface area contributed by atoms with Crippen molar-refractivity contribution in [3.8, 4) is 0 Å². The Balaban J connectivity index is 1.85. The summed E-state index contributed by atoms with van der Waals surface area (Å²) in [4.78, 5) is 39.7. The number of halogens is 1. The molecule has 0 aromatic heterocycles. The number of benzene rings is 2. The van der Waals surface area contributed by atoms with Crippen LogP contribution in [0.1, 0.15) is 29.8 Å². The topological polar surface area (TPSA) is 91.0 Å². The van der Waals surface area contributed by atoms with E-state index in [1.54, 1.807) is 50.2 Å². The van der Waals surface area contributed by atoms with Crippen molar-refractivity contribution in [3.05, 3.63) is 65.5 Å². The zero-order valence-electron chi connectivity index (χ0n) is 16.9. The SMILES string of the molecule is COC(=O)c1ccc(NC2NC(=O)N(C(C)C)C(=O)N2Cc2ccc(F)cc2)cc1. The highest BCUT2D eigenvalue weighted by Gasteiger charge is 2.39. The molecule has 2 aromatic carbocycles. The molecule has 1 fully saturated rings. The number of nitrogens with zero attached hydrogens (tertiary/aromatic N) is 2. The van der Waals surface area contributed by atoms with Crippen molar-refractivity contribution in [3.63, 3.8) is 0 Å². The van der Waals surface area contributed by atoms with Gasteiger partial charge in [-0.3, -0.25) is 10.2 Å². The molecule has 1 aliphatic heterocycles. The molecule has 0 radical (unpaired) electrons. The summed E-state index contributed by atoms with van der Waals surface area (Å²) in [5.41, 5.74) is 1.67. The number of anilines is 1. The van der Waals surface area contributed by atoms with Gasteiger partial charge in [0, 0.05) is 11.7 Å². The maximum Gasteiger partial charge on any atom is 0.337 e. The highest BCUT2D eigenvalue weighted by molar-refractivity contribution is 5.96. The summed E-state index contributed by atoms with van der Waals surface area (Å²) in [5.74, 6) is -0.839. The van der Waals surface area contributed by atoms with Crippen molar-refractivity contribution >= 4 is 23.7 Å². The third kappa shape index (κ3) is 4.51. The van der Waals surface area contributed by atoms with Crippen LogP contribution in [0.25, 0.3) is 0 Å². The minimum Gasteiger partial charge on any atom is -0.465 e. The summed E-state index contributed by atoms with van der Waals surface area (Å²) >= 11 is 0. The minimum absolute atomic E-state index is 0.153. The van der Waals surface area contributed by atoms with Crippen molar-refractivity contribution in [2.24, 2.45) is 0 Å². The van der Waals surface area contributed by atoms with Crippen LogP contribution in [-0.4, -0.2) is 47.3 Å². The van der Waals surface area contributed by atoms with Crippen molar-refractivity contribution in [1.82, 2.24) is 15.1 Å². The monoisotopic (exact) mass is 414 g/mol. The van der Waals surface area contributed by atoms with Gasteiger partial charge in [-0.25, -0.2) is 23.7 Å². The molecule has 4 amide bonds. The third-order valence-corrected chi connectivity index (χ3v) is 4.63. The number of hydrogen-bond acceptors (Lipinski definition) is 5. The predicted octanol–water partition coefficient (Wildman–Crippen LogP) is 3.36. The smallest absolute Gasteiger partial charge is 0.337 e. The lowest BCUT2D eigenvalue weighted by atomic mass is 10.2. The van der Waals surface area contributed by atoms with Gasteiger partial charge in [-0.05, 0) is 55.8 Å². The summed E-state index contributed by atoms with van der Waals surface area (Å²) in [6, 6.07) is 10.9. The number of carbonyl (C=O) groups excluding carboxylic acids is 3. The lowest BCUT2D eigenvalue weighted by molar-refractivity contribution is 0.0600. The first-order chi connectivity index (χ1) is 14.3. The van der Waals surface area contributed by atoms with Crippen LogP contribution in [0, 0.1) is 5.82 Å². The Morgan fingerprint density at radius 3 is 2.33 bits per heavy atom. The first kappa shape index (κ1) is 21.1. The van der Waals surface area contributed by atoms with Gasteiger partial charge >= 0.3 is 18.0 Å². The molecule has 2 N–H and O–H groups in total. The van der Waals surface area contributed by atoms with Gasteiger partial charge < -0.3 is 10.1 Å². The van der Waals surface area contributed by atoms with Gasteiger partial charge in [0.25, 0.3) is 0 Å². The average Bonchev–Trinajstić information content (AvgIpc) is 2.72. The minimum atomic E-state index is -0.839. The standard InChI is InChI=1S/C21H23FN4O4/c1-13(2)26-20(28)24-19(23-17-10-6-15(7-11-17)18(27)30-3)25(21(26)29)12-14-4-8-16(22)9-5-14/h4-11,13,19,23H,12H2,1-3H3,(H,24,28).